The number of fused-ring (bicyclic) bond motifs is 2. The molecule has 6 nitrogen and oxygen atoms in total. The van der Waals surface area contributed by atoms with E-state index in [1.54, 1.807) is 0 Å². The lowest BCUT2D eigenvalue weighted by molar-refractivity contribution is -0.411. The zero-order chi connectivity index (χ0) is 18.8. The van der Waals surface area contributed by atoms with E-state index in [4.69, 9.17) is 4.74 Å². The van der Waals surface area contributed by atoms with Gasteiger partial charge in [0.15, 0.2) is 12.1 Å². The second kappa shape index (κ2) is 4.78. The second-order valence-corrected chi connectivity index (χ2v) is 9.93. The largest absolute Gasteiger partial charge is 0.393 e. The van der Waals surface area contributed by atoms with Crippen LogP contribution in [-0.4, -0.2) is 56.9 Å². The second-order valence-electron chi connectivity index (χ2n) is 9.93. The van der Waals surface area contributed by atoms with Crippen LogP contribution in [0.2, 0.25) is 0 Å². The third-order valence-corrected chi connectivity index (χ3v) is 8.83. The van der Waals surface area contributed by atoms with Crippen LogP contribution in [0, 0.1) is 34.0 Å². The Bertz CT molecular complexity index is 696. The first-order valence-corrected chi connectivity index (χ1v) is 9.72. The van der Waals surface area contributed by atoms with Crippen LogP contribution in [0.5, 0.6) is 0 Å². The molecule has 0 aromatic heterocycles. The highest BCUT2D eigenvalue weighted by atomic mass is 16.6. The fourth-order valence-electron chi connectivity index (χ4n) is 7.83. The number of ketones is 1. The van der Waals surface area contributed by atoms with E-state index in [0.717, 1.165) is 6.42 Å². The van der Waals surface area contributed by atoms with Crippen LogP contribution in [0.25, 0.3) is 0 Å². The molecule has 2 aliphatic heterocycles. The number of hydrogen-bond donors (Lipinski definition) is 4. The third-order valence-electron chi connectivity index (χ3n) is 8.83. The zero-order valence-electron chi connectivity index (χ0n) is 15.3. The average Bonchev–Trinajstić information content (AvgIpc) is 2.70. The number of aliphatic hydroxyl groups is 4. The predicted octanol–water partition coefficient (Wildman–Crippen LogP) is 0.374. The van der Waals surface area contributed by atoms with E-state index in [1.165, 1.54) is 0 Å². The number of aliphatic hydroxyl groups excluding tert-OH is 4. The normalized spacial score (nSPS) is 59.9. The summed E-state index contributed by atoms with van der Waals surface area (Å²) in [6, 6.07) is 0. The fraction of sp³-hybridized carbons (Fsp3) is 0.850. The van der Waals surface area contributed by atoms with E-state index in [2.05, 4.69) is 20.4 Å². The van der Waals surface area contributed by atoms with Crippen molar-refractivity contribution in [2.45, 2.75) is 70.2 Å². The number of hydrogen-bond acceptors (Lipinski definition) is 6. The molecule has 0 aromatic rings. The minimum absolute atomic E-state index is 0.0943. The topological polar surface area (TPSA) is 107 Å². The Kier molecular flexibility index (Phi) is 3.19. The van der Waals surface area contributed by atoms with Gasteiger partial charge >= 0.3 is 0 Å². The third kappa shape index (κ3) is 1.51. The molecule has 144 valence electrons. The molecule has 4 saturated carbocycles. The van der Waals surface area contributed by atoms with Gasteiger partial charge in [-0.25, -0.2) is 0 Å². The van der Waals surface area contributed by atoms with Gasteiger partial charge in [-0.05, 0) is 42.6 Å². The molecule has 4 bridgehead atoms. The Labute approximate surface area is 152 Å². The van der Waals surface area contributed by atoms with E-state index in [-0.39, 0.29) is 23.5 Å². The first kappa shape index (κ1) is 17.3. The quantitative estimate of drug-likeness (QED) is 0.463. The molecule has 6 fully saturated rings. The molecule has 10 atom stereocenters. The van der Waals surface area contributed by atoms with E-state index in [1.807, 2.05) is 0 Å². The maximum absolute atomic E-state index is 13.3. The van der Waals surface area contributed by atoms with Crippen LogP contribution in [-0.2, 0) is 9.53 Å². The molecule has 6 aliphatic rings. The summed E-state index contributed by atoms with van der Waals surface area (Å²) in [5.74, 6) is -1.54. The summed E-state index contributed by atoms with van der Waals surface area (Å²) < 4.78 is 5.90. The molecule has 0 aromatic carbocycles. The smallest absolute Gasteiger partial charge is 0.170 e. The number of Topliss-reactive ketones (excluding diaryl/α,β-unsaturated/α-hetero) is 1. The van der Waals surface area contributed by atoms with Gasteiger partial charge in [0.05, 0.1) is 35.2 Å². The van der Waals surface area contributed by atoms with Crippen molar-refractivity contribution in [1.82, 2.24) is 0 Å². The summed E-state index contributed by atoms with van der Waals surface area (Å²) in [4.78, 5) is 13.3. The summed E-state index contributed by atoms with van der Waals surface area (Å²) in [5, 5.41) is 44.4. The zero-order valence-corrected chi connectivity index (χ0v) is 15.3. The van der Waals surface area contributed by atoms with Crippen molar-refractivity contribution in [3.05, 3.63) is 12.2 Å². The lowest BCUT2D eigenvalue weighted by Gasteiger charge is -2.73. The highest BCUT2D eigenvalue weighted by molar-refractivity contribution is 6.04. The molecular formula is C20H28O6. The Morgan fingerprint density at radius 3 is 2.54 bits per heavy atom. The number of carbonyl (C=O) groups excluding carboxylic acids is 1. The van der Waals surface area contributed by atoms with E-state index in [0.29, 0.717) is 18.4 Å². The highest BCUT2D eigenvalue weighted by Gasteiger charge is 2.83. The van der Waals surface area contributed by atoms with Crippen molar-refractivity contribution >= 4 is 5.78 Å². The summed E-state index contributed by atoms with van der Waals surface area (Å²) in [6.45, 7) is 8.14. The molecule has 2 spiro atoms. The van der Waals surface area contributed by atoms with E-state index < -0.39 is 53.4 Å². The first-order valence-electron chi connectivity index (χ1n) is 9.72. The van der Waals surface area contributed by atoms with Gasteiger partial charge in [0.25, 0.3) is 0 Å². The van der Waals surface area contributed by atoms with E-state index >= 15 is 0 Å². The first-order chi connectivity index (χ1) is 12.1. The Hall–Kier alpha value is -0.790. The summed E-state index contributed by atoms with van der Waals surface area (Å²) in [6.07, 6.45) is -2.67. The number of carbonyl (C=O) groups is 1. The summed E-state index contributed by atoms with van der Waals surface area (Å²) in [7, 11) is 0. The van der Waals surface area contributed by atoms with Crippen molar-refractivity contribution in [3.8, 4) is 0 Å². The van der Waals surface area contributed by atoms with Crippen LogP contribution in [0.15, 0.2) is 12.2 Å². The van der Waals surface area contributed by atoms with Gasteiger partial charge in [-0.15, -0.1) is 0 Å². The standard InChI is InChI=1S/C20H28O6/c1-8-9-6-10(21)14-19-11(18(2,3)5-4-12(19)22)7-13(26-17(19)25)20(14,15(8)23)16(9)24/h9-14,16-17,21-22,24-25H,1,4-7H2,2-3H3/t9-,10+,11+,12+,13-,14+,16-,17-,19+,20-/m0/s1. The molecule has 2 heterocycles. The molecule has 4 N–H and O–H groups in total. The van der Waals surface area contributed by atoms with Crippen molar-refractivity contribution < 1.29 is 30.0 Å². The molecule has 4 aliphatic carbocycles. The van der Waals surface area contributed by atoms with Crippen LogP contribution in [0.1, 0.15) is 39.5 Å². The van der Waals surface area contributed by atoms with Gasteiger partial charge < -0.3 is 25.2 Å². The van der Waals surface area contributed by atoms with Gasteiger partial charge in [0, 0.05) is 11.8 Å². The molecule has 0 radical (unpaired) electrons. The highest BCUT2D eigenvalue weighted by Crippen LogP contribution is 2.75. The molecular weight excluding hydrogens is 336 g/mol. The summed E-state index contributed by atoms with van der Waals surface area (Å²) in [5.41, 5.74) is -2.27. The van der Waals surface area contributed by atoms with E-state index in [9.17, 15) is 25.2 Å². The van der Waals surface area contributed by atoms with Crippen molar-refractivity contribution in [3.63, 3.8) is 0 Å². The lowest BCUT2D eigenvalue weighted by Crippen LogP contribution is -2.80. The lowest BCUT2D eigenvalue weighted by atomic mass is 9.36. The molecule has 26 heavy (non-hydrogen) atoms. The SMILES string of the molecule is C=C1C(=O)[C@]23[C@@H]4C[C@@H]5C(C)(C)CC[C@@H](O)[C@@]5([C@@H](O)O4)[C@H]2[C@H](O)C[C@@H]1[C@@H]3O. The van der Waals surface area contributed by atoms with Gasteiger partial charge in [-0.3, -0.25) is 4.79 Å². The molecule has 6 rings (SSSR count). The van der Waals surface area contributed by atoms with Crippen LogP contribution < -0.4 is 0 Å². The molecule has 2 saturated heterocycles. The minimum Gasteiger partial charge on any atom is -0.393 e. The van der Waals surface area contributed by atoms with Gasteiger partial charge in [0.1, 0.15) is 0 Å². The van der Waals surface area contributed by atoms with Crippen LogP contribution in [0.3, 0.4) is 0 Å². The van der Waals surface area contributed by atoms with Gasteiger partial charge in [-0.2, -0.15) is 0 Å². The van der Waals surface area contributed by atoms with Gasteiger partial charge in [-0.1, -0.05) is 20.4 Å². The van der Waals surface area contributed by atoms with Crippen LogP contribution >= 0.6 is 0 Å². The number of ether oxygens (including phenoxy) is 1. The Balaban J connectivity index is 1.79. The minimum atomic E-state index is -1.30. The Morgan fingerprint density at radius 2 is 1.85 bits per heavy atom. The monoisotopic (exact) mass is 364 g/mol. The molecule has 0 amide bonds. The summed E-state index contributed by atoms with van der Waals surface area (Å²) >= 11 is 0. The van der Waals surface area contributed by atoms with Crippen LogP contribution in [0.4, 0.5) is 0 Å². The Morgan fingerprint density at radius 1 is 1.15 bits per heavy atom. The molecule has 6 heteroatoms. The fourth-order valence-corrected chi connectivity index (χ4v) is 7.83. The van der Waals surface area contributed by atoms with Crippen molar-refractivity contribution in [2.75, 3.05) is 0 Å². The van der Waals surface area contributed by atoms with Gasteiger partial charge in [0.2, 0.25) is 0 Å². The number of rotatable bonds is 0. The maximum atomic E-state index is 13.3. The molecule has 0 unspecified atom stereocenters. The van der Waals surface area contributed by atoms with Crippen molar-refractivity contribution in [2.24, 2.45) is 34.0 Å². The maximum Gasteiger partial charge on any atom is 0.170 e. The van der Waals surface area contributed by atoms with Crippen molar-refractivity contribution in [1.29, 1.82) is 0 Å². The average molecular weight is 364 g/mol. The predicted molar refractivity (Wildman–Crippen MR) is 90.6 cm³/mol.